The van der Waals surface area contributed by atoms with Crippen molar-refractivity contribution in [1.82, 2.24) is 24.5 Å². The Balaban J connectivity index is 2.36. The highest BCUT2D eigenvalue weighted by molar-refractivity contribution is 7.99. The molecule has 1 N–H and O–H groups in total. The predicted molar refractivity (Wildman–Crippen MR) is 77.2 cm³/mol. The maximum absolute atomic E-state index is 10.7. The highest BCUT2D eigenvalue weighted by Crippen LogP contribution is 2.25. The summed E-state index contributed by atoms with van der Waals surface area (Å²) in [7, 11) is 3.47. The van der Waals surface area contributed by atoms with E-state index in [1.165, 1.54) is 0 Å². The number of rotatable bonds is 7. The van der Waals surface area contributed by atoms with Crippen LogP contribution in [0.3, 0.4) is 0 Å². The van der Waals surface area contributed by atoms with Crippen LogP contribution in [0, 0.1) is 6.92 Å². The molecule has 0 spiro atoms. The van der Waals surface area contributed by atoms with Crippen molar-refractivity contribution in [2.24, 2.45) is 7.05 Å². The quantitative estimate of drug-likeness (QED) is 0.756. The molecule has 2 aromatic heterocycles. The van der Waals surface area contributed by atoms with E-state index < -0.39 is 5.97 Å². The molecule has 0 radical (unpaired) electrons. The molecule has 0 aliphatic heterocycles. The molecule has 0 aliphatic carbocycles. The van der Waals surface area contributed by atoms with Crippen LogP contribution in [-0.2, 0) is 23.1 Å². The number of ether oxygens (including phenoxy) is 1. The number of aliphatic carboxylic acids is 1. The fraction of sp³-hybridized carbons (Fsp3) is 0.500. The Morgan fingerprint density at radius 1 is 1.48 bits per heavy atom. The first kappa shape index (κ1) is 15.5. The molecule has 0 amide bonds. The number of carboxylic acid groups (broad SMARTS) is 1. The number of aromatic nitrogens is 5. The van der Waals surface area contributed by atoms with Gasteiger partial charge in [-0.3, -0.25) is 14.0 Å². The van der Waals surface area contributed by atoms with E-state index in [0.717, 1.165) is 23.0 Å². The molecule has 0 aromatic carbocycles. The minimum absolute atomic E-state index is 0.0584. The number of carbonyl (C=O) groups is 1. The van der Waals surface area contributed by atoms with Gasteiger partial charge in [-0.25, -0.2) is 0 Å². The van der Waals surface area contributed by atoms with Gasteiger partial charge in [-0.05, 0) is 6.92 Å². The topological polar surface area (TPSA) is 95.1 Å². The van der Waals surface area contributed by atoms with Crippen molar-refractivity contribution in [3.8, 4) is 11.4 Å². The molecule has 0 atom stereocenters. The average molecular weight is 311 g/mol. The number of nitrogens with zero attached hydrogens (tertiary/aromatic N) is 5. The van der Waals surface area contributed by atoms with Crippen LogP contribution >= 0.6 is 11.8 Å². The summed E-state index contributed by atoms with van der Waals surface area (Å²) in [5.74, 6) is -0.275. The van der Waals surface area contributed by atoms with Crippen molar-refractivity contribution >= 4 is 17.7 Å². The lowest BCUT2D eigenvalue weighted by molar-refractivity contribution is -0.133. The Labute approximate surface area is 126 Å². The SMILES string of the molecule is COCCn1c(SCC(=O)O)nnc1-c1cnn(C)c1C. The summed E-state index contributed by atoms with van der Waals surface area (Å²) in [6.07, 6.45) is 1.73. The zero-order valence-corrected chi connectivity index (χ0v) is 12.9. The lowest BCUT2D eigenvalue weighted by Gasteiger charge is -2.08. The average Bonchev–Trinajstić information content (AvgIpc) is 2.99. The van der Waals surface area contributed by atoms with E-state index in [0.29, 0.717) is 24.1 Å². The van der Waals surface area contributed by atoms with E-state index in [9.17, 15) is 4.79 Å². The molecular weight excluding hydrogens is 294 g/mol. The molecule has 0 saturated carbocycles. The van der Waals surface area contributed by atoms with Crippen LogP contribution in [0.25, 0.3) is 11.4 Å². The normalized spacial score (nSPS) is 11.0. The van der Waals surface area contributed by atoms with Gasteiger partial charge in [-0.2, -0.15) is 5.10 Å². The molecule has 0 aliphatic rings. The summed E-state index contributed by atoms with van der Waals surface area (Å²) in [5, 5.41) is 21.8. The number of hydrogen-bond donors (Lipinski definition) is 1. The lowest BCUT2D eigenvalue weighted by atomic mass is 10.2. The standard InChI is InChI=1S/C12H17N5O3S/c1-8-9(6-13-16(8)2)11-14-15-12(21-7-10(18)19)17(11)4-5-20-3/h6H,4-5,7H2,1-3H3,(H,18,19). The van der Waals surface area contributed by atoms with Crippen LogP contribution in [0.1, 0.15) is 5.69 Å². The second kappa shape index (κ2) is 6.72. The molecule has 0 bridgehead atoms. The van der Waals surface area contributed by atoms with Gasteiger partial charge in [0, 0.05) is 19.9 Å². The van der Waals surface area contributed by atoms with Crippen LogP contribution in [0.2, 0.25) is 0 Å². The summed E-state index contributed by atoms with van der Waals surface area (Å²) in [5.41, 5.74) is 1.85. The summed E-state index contributed by atoms with van der Waals surface area (Å²) in [6, 6.07) is 0. The van der Waals surface area contributed by atoms with Crippen molar-refractivity contribution in [3.63, 3.8) is 0 Å². The molecule has 0 saturated heterocycles. The first-order chi connectivity index (χ1) is 10.0. The highest BCUT2D eigenvalue weighted by Gasteiger charge is 2.18. The monoisotopic (exact) mass is 311 g/mol. The Hall–Kier alpha value is -1.87. The molecule has 0 unspecified atom stereocenters. The largest absolute Gasteiger partial charge is 0.481 e. The van der Waals surface area contributed by atoms with E-state index >= 15 is 0 Å². The molecule has 2 aromatic rings. The van der Waals surface area contributed by atoms with Gasteiger partial charge in [0.05, 0.1) is 30.7 Å². The lowest BCUT2D eigenvalue weighted by Crippen LogP contribution is -2.09. The van der Waals surface area contributed by atoms with Crippen molar-refractivity contribution in [3.05, 3.63) is 11.9 Å². The molecule has 114 valence electrons. The fourth-order valence-electron chi connectivity index (χ4n) is 1.82. The third-order valence-corrected chi connectivity index (χ3v) is 3.99. The van der Waals surface area contributed by atoms with Gasteiger partial charge >= 0.3 is 5.97 Å². The summed E-state index contributed by atoms with van der Waals surface area (Å²) in [6.45, 7) is 2.99. The zero-order valence-electron chi connectivity index (χ0n) is 12.1. The fourth-order valence-corrected chi connectivity index (χ4v) is 2.51. The molecule has 0 fully saturated rings. The van der Waals surface area contributed by atoms with E-state index in [4.69, 9.17) is 9.84 Å². The number of carboxylic acids is 1. The van der Waals surface area contributed by atoms with Gasteiger partial charge < -0.3 is 9.84 Å². The Morgan fingerprint density at radius 3 is 2.81 bits per heavy atom. The Kier molecular flexibility index (Phi) is 4.97. The van der Waals surface area contributed by atoms with Gasteiger partial charge in [0.25, 0.3) is 0 Å². The summed E-state index contributed by atoms with van der Waals surface area (Å²) < 4.78 is 8.72. The van der Waals surface area contributed by atoms with Crippen LogP contribution < -0.4 is 0 Å². The molecule has 21 heavy (non-hydrogen) atoms. The third-order valence-electron chi connectivity index (χ3n) is 3.04. The smallest absolute Gasteiger partial charge is 0.313 e. The second-order valence-electron chi connectivity index (χ2n) is 4.40. The van der Waals surface area contributed by atoms with Gasteiger partial charge in [-0.1, -0.05) is 11.8 Å². The van der Waals surface area contributed by atoms with Crippen LogP contribution in [0.4, 0.5) is 0 Å². The maximum atomic E-state index is 10.7. The highest BCUT2D eigenvalue weighted by atomic mass is 32.2. The Bertz CT molecular complexity index is 637. The molecule has 2 heterocycles. The van der Waals surface area contributed by atoms with Crippen LogP contribution in [-0.4, -0.2) is 55.1 Å². The molecular formula is C12H17N5O3S. The van der Waals surface area contributed by atoms with Crippen molar-refractivity contribution < 1.29 is 14.6 Å². The van der Waals surface area contributed by atoms with Crippen molar-refractivity contribution in [2.75, 3.05) is 19.5 Å². The Morgan fingerprint density at radius 2 is 2.24 bits per heavy atom. The minimum Gasteiger partial charge on any atom is -0.481 e. The third kappa shape index (κ3) is 3.42. The zero-order chi connectivity index (χ0) is 15.4. The van der Waals surface area contributed by atoms with E-state index in [1.807, 2.05) is 18.5 Å². The van der Waals surface area contributed by atoms with E-state index in [-0.39, 0.29) is 5.75 Å². The number of aryl methyl sites for hydroxylation is 1. The number of hydrogen-bond acceptors (Lipinski definition) is 6. The van der Waals surface area contributed by atoms with Crippen molar-refractivity contribution in [1.29, 1.82) is 0 Å². The predicted octanol–water partition coefficient (Wildman–Crippen LogP) is 0.810. The summed E-state index contributed by atoms with van der Waals surface area (Å²) >= 11 is 1.14. The number of thioether (sulfide) groups is 1. The van der Waals surface area contributed by atoms with Gasteiger partial charge in [0.2, 0.25) is 0 Å². The van der Waals surface area contributed by atoms with Crippen LogP contribution in [0.5, 0.6) is 0 Å². The van der Waals surface area contributed by atoms with E-state index in [2.05, 4.69) is 15.3 Å². The summed E-state index contributed by atoms with van der Waals surface area (Å²) in [4.78, 5) is 10.7. The molecule has 9 heteroatoms. The first-order valence-electron chi connectivity index (χ1n) is 6.30. The van der Waals surface area contributed by atoms with Crippen molar-refractivity contribution in [2.45, 2.75) is 18.6 Å². The number of methoxy groups -OCH3 is 1. The molecule has 8 nitrogen and oxygen atoms in total. The maximum Gasteiger partial charge on any atom is 0.313 e. The van der Waals surface area contributed by atoms with Gasteiger partial charge in [0.1, 0.15) is 0 Å². The van der Waals surface area contributed by atoms with Gasteiger partial charge in [0.15, 0.2) is 11.0 Å². The second-order valence-corrected chi connectivity index (χ2v) is 5.34. The minimum atomic E-state index is -0.889. The van der Waals surface area contributed by atoms with Gasteiger partial charge in [-0.15, -0.1) is 10.2 Å². The first-order valence-corrected chi connectivity index (χ1v) is 7.28. The van der Waals surface area contributed by atoms with Crippen LogP contribution in [0.15, 0.2) is 11.4 Å². The molecule has 2 rings (SSSR count). The van der Waals surface area contributed by atoms with E-state index in [1.54, 1.807) is 18.0 Å².